The Balaban J connectivity index is 1.44. The maximum Gasteiger partial charge on any atom is 0.222 e. The molecule has 0 aliphatic carbocycles. The number of amides is 1. The van der Waals surface area contributed by atoms with Crippen LogP contribution in [-0.2, 0) is 4.79 Å². The number of hydrogen-bond donors (Lipinski definition) is 0. The molecule has 0 radical (unpaired) electrons. The highest BCUT2D eigenvalue weighted by molar-refractivity contribution is 5.76. The number of carbonyl (C=O) groups is 1. The highest BCUT2D eigenvalue weighted by Gasteiger charge is 2.24. The molecule has 0 bridgehead atoms. The highest BCUT2D eigenvalue weighted by atomic mass is 16.2. The Morgan fingerprint density at radius 2 is 1.92 bits per heavy atom. The molecule has 2 aliphatic rings. The van der Waals surface area contributed by atoms with Crippen molar-refractivity contribution in [2.75, 3.05) is 44.7 Å². The van der Waals surface area contributed by atoms with Crippen LogP contribution < -0.4 is 4.90 Å². The van der Waals surface area contributed by atoms with Crippen molar-refractivity contribution in [2.45, 2.75) is 51.5 Å². The number of nitrogens with zero attached hydrogens (tertiary/aromatic N) is 5. The van der Waals surface area contributed by atoms with Gasteiger partial charge in [-0.2, -0.15) is 0 Å². The van der Waals surface area contributed by atoms with Crippen molar-refractivity contribution in [3.8, 4) is 0 Å². The second-order valence-electron chi connectivity index (χ2n) is 7.39. The molecule has 6 heteroatoms. The average molecular weight is 345 g/mol. The van der Waals surface area contributed by atoms with E-state index >= 15 is 0 Å². The van der Waals surface area contributed by atoms with E-state index < -0.39 is 0 Å². The molecule has 6 nitrogen and oxygen atoms in total. The lowest BCUT2D eigenvalue weighted by atomic mass is 10.0. The SMILES string of the molecule is Cc1cc(N(C)C2CCN(CCN3CCCCCC3=O)CC2)ncn1. The van der Waals surface area contributed by atoms with Crippen LogP contribution in [0.5, 0.6) is 0 Å². The minimum absolute atomic E-state index is 0.353. The second kappa shape index (κ2) is 8.61. The molecule has 138 valence electrons. The van der Waals surface area contributed by atoms with Gasteiger partial charge in [0, 0.05) is 64.0 Å². The summed E-state index contributed by atoms with van der Waals surface area (Å²) in [4.78, 5) is 27.6. The van der Waals surface area contributed by atoms with E-state index in [1.165, 1.54) is 6.42 Å². The topological polar surface area (TPSA) is 52.6 Å². The van der Waals surface area contributed by atoms with Gasteiger partial charge in [-0.1, -0.05) is 6.42 Å². The van der Waals surface area contributed by atoms with Crippen LogP contribution in [0, 0.1) is 6.92 Å². The number of anilines is 1. The van der Waals surface area contributed by atoms with E-state index in [1.807, 2.05) is 6.92 Å². The minimum atomic E-state index is 0.353. The highest BCUT2D eigenvalue weighted by Crippen LogP contribution is 2.20. The van der Waals surface area contributed by atoms with Crippen LogP contribution in [0.2, 0.25) is 0 Å². The fraction of sp³-hybridized carbons (Fsp3) is 0.737. The molecule has 2 saturated heterocycles. The molecule has 0 aromatic carbocycles. The van der Waals surface area contributed by atoms with E-state index in [0.29, 0.717) is 11.9 Å². The molecule has 3 rings (SSSR count). The summed E-state index contributed by atoms with van der Waals surface area (Å²) in [7, 11) is 2.14. The fourth-order valence-electron chi connectivity index (χ4n) is 3.89. The quantitative estimate of drug-likeness (QED) is 0.818. The van der Waals surface area contributed by atoms with Gasteiger partial charge in [-0.15, -0.1) is 0 Å². The van der Waals surface area contributed by atoms with Gasteiger partial charge in [-0.3, -0.25) is 4.79 Å². The number of hydrogen-bond acceptors (Lipinski definition) is 5. The van der Waals surface area contributed by atoms with Gasteiger partial charge in [0.2, 0.25) is 5.91 Å². The Morgan fingerprint density at radius 1 is 1.12 bits per heavy atom. The summed E-state index contributed by atoms with van der Waals surface area (Å²) in [6.45, 7) is 7.05. The lowest BCUT2D eigenvalue weighted by molar-refractivity contribution is -0.130. The molecule has 1 aromatic rings. The first-order valence-corrected chi connectivity index (χ1v) is 9.65. The van der Waals surface area contributed by atoms with Crippen molar-refractivity contribution in [2.24, 2.45) is 0 Å². The van der Waals surface area contributed by atoms with Crippen LogP contribution in [0.15, 0.2) is 12.4 Å². The first-order valence-electron chi connectivity index (χ1n) is 9.65. The monoisotopic (exact) mass is 345 g/mol. The predicted octanol–water partition coefficient (Wildman–Crippen LogP) is 2.09. The van der Waals surface area contributed by atoms with Gasteiger partial charge in [0.25, 0.3) is 0 Å². The van der Waals surface area contributed by atoms with Crippen molar-refractivity contribution >= 4 is 11.7 Å². The Labute approximate surface area is 151 Å². The van der Waals surface area contributed by atoms with Gasteiger partial charge >= 0.3 is 0 Å². The lowest BCUT2D eigenvalue weighted by Crippen LogP contribution is -2.46. The molecule has 0 N–H and O–H groups in total. The van der Waals surface area contributed by atoms with Gasteiger partial charge in [-0.25, -0.2) is 9.97 Å². The van der Waals surface area contributed by atoms with Gasteiger partial charge in [0.05, 0.1) is 0 Å². The molecular formula is C19H31N5O. The number of likely N-dealkylation sites (tertiary alicyclic amines) is 2. The molecule has 2 fully saturated rings. The third kappa shape index (κ3) is 4.91. The van der Waals surface area contributed by atoms with Crippen LogP contribution in [0.1, 0.15) is 44.2 Å². The van der Waals surface area contributed by atoms with Crippen molar-refractivity contribution in [1.82, 2.24) is 19.8 Å². The van der Waals surface area contributed by atoms with E-state index in [1.54, 1.807) is 6.33 Å². The molecule has 0 atom stereocenters. The van der Waals surface area contributed by atoms with Crippen LogP contribution in [0.4, 0.5) is 5.82 Å². The average Bonchev–Trinajstić information content (AvgIpc) is 2.84. The summed E-state index contributed by atoms with van der Waals surface area (Å²) in [5, 5.41) is 0. The summed E-state index contributed by atoms with van der Waals surface area (Å²) in [5.74, 6) is 1.37. The number of carbonyl (C=O) groups excluding carboxylic acids is 1. The maximum absolute atomic E-state index is 12.1. The van der Waals surface area contributed by atoms with Crippen LogP contribution in [0.3, 0.4) is 0 Å². The summed E-state index contributed by atoms with van der Waals surface area (Å²) >= 11 is 0. The number of aromatic nitrogens is 2. The molecule has 1 amide bonds. The summed E-state index contributed by atoms with van der Waals surface area (Å²) in [6, 6.07) is 2.59. The Kier molecular flexibility index (Phi) is 6.24. The summed E-state index contributed by atoms with van der Waals surface area (Å²) in [6.07, 6.45) is 8.11. The molecule has 3 heterocycles. The standard InChI is InChI=1S/C19H31N5O/c1-16-14-18(21-15-20-16)22(2)17-7-10-23(11-8-17)12-13-24-9-5-3-4-6-19(24)25/h14-15,17H,3-13H2,1-2H3. The lowest BCUT2D eigenvalue weighted by Gasteiger charge is -2.38. The molecular weight excluding hydrogens is 314 g/mol. The smallest absolute Gasteiger partial charge is 0.222 e. The van der Waals surface area contributed by atoms with E-state index in [9.17, 15) is 4.79 Å². The van der Waals surface area contributed by atoms with Gasteiger partial charge in [0.1, 0.15) is 12.1 Å². The molecule has 2 aliphatic heterocycles. The maximum atomic E-state index is 12.1. The number of aryl methyl sites for hydroxylation is 1. The predicted molar refractivity (Wildman–Crippen MR) is 99.7 cm³/mol. The zero-order chi connectivity index (χ0) is 17.6. The third-order valence-electron chi connectivity index (χ3n) is 5.61. The largest absolute Gasteiger partial charge is 0.356 e. The van der Waals surface area contributed by atoms with Crippen molar-refractivity contribution < 1.29 is 4.79 Å². The number of rotatable bonds is 5. The zero-order valence-electron chi connectivity index (χ0n) is 15.7. The van der Waals surface area contributed by atoms with E-state index in [-0.39, 0.29) is 0 Å². The van der Waals surface area contributed by atoms with Gasteiger partial charge in [0.15, 0.2) is 0 Å². The zero-order valence-corrected chi connectivity index (χ0v) is 15.7. The Morgan fingerprint density at radius 3 is 2.68 bits per heavy atom. The third-order valence-corrected chi connectivity index (χ3v) is 5.61. The molecule has 0 saturated carbocycles. The number of piperidine rings is 1. The van der Waals surface area contributed by atoms with E-state index in [4.69, 9.17) is 0 Å². The van der Waals surface area contributed by atoms with Crippen LogP contribution >= 0.6 is 0 Å². The summed E-state index contributed by atoms with van der Waals surface area (Å²) in [5.41, 5.74) is 1.01. The van der Waals surface area contributed by atoms with E-state index in [2.05, 4.69) is 37.8 Å². The normalized spacial score (nSPS) is 20.6. The van der Waals surface area contributed by atoms with Gasteiger partial charge in [-0.05, 0) is 32.6 Å². The first kappa shape index (κ1) is 18.1. The Hall–Kier alpha value is -1.69. The summed E-state index contributed by atoms with van der Waals surface area (Å²) < 4.78 is 0. The van der Waals surface area contributed by atoms with Crippen LogP contribution in [0.25, 0.3) is 0 Å². The molecule has 1 aromatic heterocycles. The molecule has 25 heavy (non-hydrogen) atoms. The van der Waals surface area contributed by atoms with Gasteiger partial charge < -0.3 is 14.7 Å². The molecule has 0 spiro atoms. The van der Waals surface area contributed by atoms with Crippen molar-refractivity contribution in [3.05, 3.63) is 18.1 Å². The van der Waals surface area contributed by atoms with E-state index in [0.717, 1.165) is 76.3 Å². The second-order valence-corrected chi connectivity index (χ2v) is 7.39. The fourth-order valence-corrected chi connectivity index (χ4v) is 3.89. The first-order chi connectivity index (χ1) is 12.1. The molecule has 0 unspecified atom stereocenters. The van der Waals surface area contributed by atoms with Crippen molar-refractivity contribution in [1.29, 1.82) is 0 Å². The van der Waals surface area contributed by atoms with Crippen molar-refractivity contribution in [3.63, 3.8) is 0 Å². The van der Waals surface area contributed by atoms with Crippen LogP contribution in [-0.4, -0.2) is 71.5 Å². The Bertz CT molecular complexity index is 571. The minimum Gasteiger partial charge on any atom is -0.356 e.